The summed E-state index contributed by atoms with van der Waals surface area (Å²) < 4.78 is 0. The summed E-state index contributed by atoms with van der Waals surface area (Å²) in [5, 5.41) is 3.17. The first kappa shape index (κ1) is 12.9. The summed E-state index contributed by atoms with van der Waals surface area (Å²) in [4.78, 5) is 11.7. The van der Waals surface area contributed by atoms with E-state index in [1.54, 1.807) is 0 Å². The molecule has 16 heavy (non-hydrogen) atoms. The standard InChI is InChI=1S/C13H20N2O/c1-11-4-6-12(7-5-11)13(16)3-2-9-15-10-8-14/h4-7,15H,2-3,8-10,14H2,1H3. The second kappa shape index (κ2) is 7.14. The van der Waals surface area contributed by atoms with Gasteiger partial charge in [-0.15, -0.1) is 0 Å². The number of hydrogen-bond acceptors (Lipinski definition) is 3. The van der Waals surface area contributed by atoms with Crippen molar-refractivity contribution < 1.29 is 4.79 Å². The molecule has 0 radical (unpaired) electrons. The zero-order valence-corrected chi connectivity index (χ0v) is 9.83. The van der Waals surface area contributed by atoms with Crippen LogP contribution in [0, 0.1) is 6.92 Å². The maximum absolute atomic E-state index is 11.7. The molecule has 3 nitrogen and oxygen atoms in total. The Balaban J connectivity index is 2.27. The Kier molecular flexibility index (Phi) is 5.75. The van der Waals surface area contributed by atoms with Gasteiger partial charge in [-0.1, -0.05) is 29.8 Å². The van der Waals surface area contributed by atoms with E-state index in [0.717, 1.165) is 25.1 Å². The summed E-state index contributed by atoms with van der Waals surface area (Å²) in [6.45, 7) is 4.34. The lowest BCUT2D eigenvalue weighted by Crippen LogP contribution is -2.23. The van der Waals surface area contributed by atoms with Crippen LogP contribution in [0.3, 0.4) is 0 Å². The summed E-state index contributed by atoms with van der Waals surface area (Å²) in [5.74, 6) is 0.217. The van der Waals surface area contributed by atoms with Gasteiger partial charge < -0.3 is 11.1 Å². The lowest BCUT2D eigenvalue weighted by molar-refractivity contribution is 0.0980. The van der Waals surface area contributed by atoms with Gasteiger partial charge in [0.05, 0.1) is 0 Å². The van der Waals surface area contributed by atoms with Crippen LogP contribution in [0.25, 0.3) is 0 Å². The average Bonchev–Trinajstić information content (AvgIpc) is 2.29. The lowest BCUT2D eigenvalue weighted by atomic mass is 10.1. The van der Waals surface area contributed by atoms with Gasteiger partial charge in [0.25, 0.3) is 0 Å². The zero-order chi connectivity index (χ0) is 11.8. The molecule has 0 saturated heterocycles. The summed E-state index contributed by atoms with van der Waals surface area (Å²) >= 11 is 0. The van der Waals surface area contributed by atoms with E-state index in [0.29, 0.717) is 13.0 Å². The van der Waals surface area contributed by atoms with Crippen LogP contribution in [-0.4, -0.2) is 25.4 Å². The molecule has 0 aliphatic rings. The van der Waals surface area contributed by atoms with Crippen LogP contribution in [0.15, 0.2) is 24.3 Å². The molecule has 0 amide bonds. The Morgan fingerprint density at radius 2 is 1.94 bits per heavy atom. The van der Waals surface area contributed by atoms with Crippen molar-refractivity contribution in [2.24, 2.45) is 5.73 Å². The number of rotatable bonds is 7. The highest BCUT2D eigenvalue weighted by Crippen LogP contribution is 2.07. The topological polar surface area (TPSA) is 55.1 Å². The summed E-state index contributed by atoms with van der Waals surface area (Å²) in [6.07, 6.45) is 1.47. The summed E-state index contributed by atoms with van der Waals surface area (Å²) in [5.41, 5.74) is 7.34. The van der Waals surface area contributed by atoms with Crippen LogP contribution in [-0.2, 0) is 0 Å². The van der Waals surface area contributed by atoms with Gasteiger partial charge >= 0.3 is 0 Å². The molecule has 0 saturated carbocycles. The smallest absolute Gasteiger partial charge is 0.162 e. The van der Waals surface area contributed by atoms with E-state index in [-0.39, 0.29) is 5.78 Å². The molecule has 0 aliphatic carbocycles. The number of carbonyl (C=O) groups excluding carboxylic acids is 1. The maximum atomic E-state index is 11.7. The molecular weight excluding hydrogens is 200 g/mol. The van der Waals surface area contributed by atoms with Gasteiger partial charge in [0, 0.05) is 25.1 Å². The molecule has 0 aliphatic heterocycles. The van der Waals surface area contributed by atoms with Crippen molar-refractivity contribution in [2.75, 3.05) is 19.6 Å². The van der Waals surface area contributed by atoms with Crippen molar-refractivity contribution >= 4 is 5.78 Å². The largest absolute Gasteiger partial charge is 0.329 e. The first-order chi connectivity index (χ1) is 7.74. The van der Waals surface area contributed by atoms with Gasteiger partial charge in [-0.05, 0) is 19.9 Å². The number of nitrogens with two attached hydrogens (primary N) is 1. The molecule has 1 aromatic rings. The molecule has 0 atom stereocenters. The Bertz CT molecular complexity index is 319. The van der Waals surface area contributed by atoms with Gasteiger partial charge in [-0.2, -0.15) is 0 Å². The quantitative estimate of drug-likeness (QED) is 0.541. The van der Waals surface area contributed by atoms with Crippen molar-refractivity contribution in [3.8, 4) is 0 Å². The first-order valence-electron chi connectivity index (χ1n) is 5.74. The molecule has 3 N–H and O–H groups in total. The van der Waals surface area contributed by atoms with E-state index in [1.165, 1.54) is 5.56 Å². The molecule has 0 fully saturated rings. The normalized spacial score (nSPS) is 10.4. The van der Waals surface area contributed by atoms with E-state index in [2.05, 4.69) is 5.32 Å². The molecular formula is C13H20N2O. The number of carbonyl (C=O) groups is 1. The van der Waals surface area contributed by atoms with E-state index >= 15 is 0 Å². The Morgan fingerprint density at radius 3 is 2.56 bits per heavy atom. The second-order valence-electron chi connectivity index (χ2n) is 3.93. The average molecular weight is 220 g/mol. The van der Waals surface area contributed by atoms with Gasteiger partial charge in [0.1, 0.15) is 0 Å². The highest BCUT2D eigenvalue weighted by atomic mass is 16.1. The Hall–Kier alpha value is -1.19. The second-order valence-corrected chi connectivity index (χ2v) is 3.93. The van der Waals surface area contributed by atoms with E-state index < -0.39 is 0 Å². The molecule has 0 spiro atoms. The van der Waals surface area contributed by atoms with Crippen molar-refractivity contribution in [2.45, 2.75) is 19.8 Å². The van der Waals surface area contributed by atoms with Crippen LogP contribution in [0.1, 0.15) is 28.8 Å². The minimum Gasteiger partial charge on any atom is -0.329 e. The van der Waals surface area contributed by atoms with Crippen molar-refractivity contribution in [3.63, 3.8) is 0 Å². The monoisotopic (exact) mass is 220 g/mol. The molecule has 0 bridgehead atoms. The number of aryl methyl sites for hydroxylation is 1. The number of nitrogens with one attached hydrogen (secondary N) is 1. The summed E-state index contributed by atoms with van der Waals surface area (Å²) in [6, 6.07) is 7.73. The summed E-state index contributed by atoms with van der Waals surface area (Å²) in [7, 11) is 0. The fourth-order valence-electron chi connectivity index (χ4n) is 1.48. The van der Waals surface area contributed by atoms with Crippen LogP contribution < -0.4 is 11.1 Å². The van der Waals surface area contributed by atoms with E-state index in [9.17, 15) is 4.79 Å². The van der Waals surface area contributed by atoms with E-state index in [4.69, 9.17) is 5.73 Å². The number of benzene rings is 1. The third-order valence-electron chi connectivity index (χ3n) is 2.45. The van der Waals surface area contributed by atoms with Crippen LogP contribution in [0.4, 0.5) is 0 Å². The number of Topliss-reactive ketones (excluding diaryl/α,β-unsaturated/α-hetero) is 1. The predicted octanol–water partition coefficient (Wildman–Crippen LogP) is 1.51. The highest BCUT2D eigenvalue weighted by molar-refractivity contribution is 5.96. The molecule has 3 heteroatoms. The number of ketones is 1. The zero-order valence-electron chi connectivity index (χ0n) is 9.83. The molecule has 1 rings (SSSR count). The molecule has 0 aromatic heterocycles. The van der Waals surface area contributed by atoms with Crippen molar-refractivity contribution in [1.82, 2.24) is 5.32 Å². The van der Waals surface area contributed by atoms with Gasteiger partial charge in [-0.3, -0.25) is 4.79 Å². The Morgan fingerprint density at radius 1 is 1.25 bits per heavy atom. The SMILES string of the molecule is Cc1ccc(C(=O)CCCNCCN)cc1. The first-order valence-corrected chi connectivity index (χ1v) is 5.74. The lowest BCUT2D eigenvalue weighted by Gasteiger charge is -2.03. The molecule has 0 heterocycles. The molecule has 0 unspecified atom stereocenters. The van der Waals surface area contributed by atoms with Gasteiger partial charge in [-0.25, -0.2) is 0 Å². The maximum Gasteiger partial charge on any atom is 0.162 e. The fraction of sp³-hybridized carbons (Fsp3) is 0.462. The Labute approximate surface area is 97.0 Å². The molecule has 1 aromatic carbocycles. The minimum atomic E-state index is 0.217. The predicted molar refractivity (Wildman–Crippen MR) is 66.7 cm³/mol. The van der Waals surface area contributed by atoms with Gasteiger partial charge in [0.2, 0.25) is 0 Å². The highest BCUT2D eigenvalue weighted by Gasteiger charge is 2.04. The third-order valence-corrected chi connectivity index (χ3v) is 2.45. The van der Waals surface area contributed by atoms with Crippen LogP contribution >= 0.6 is 0 Å². The third kappa shape index (κ3) is 4.55. The van der Waals surface area contributed by atoms with Gasteiger partial charge in [0.15, 0.2) is 5.78 Å². The fourth-order valence-corrected chi connectivity index (χ4v) is 1.48. The number of hydrogen-bond donors (Lipinski definition) is 2. The molecule has 88 valence electrons. The van der Waals surface area contributed by atoms with E-state index in [1.807, 2.05) is 31.2 Å². The minimum absolute atomic E-state index is 0.217. The van der Waals surface area contributed by atoms with Crippen LogP contribution in [0.5, 0.6) is 0 Å². The van der Waals surface area contributed by atoms with Crippen LogP contribution in [0.2, 0.25) is 0 Å². The van der Waals surface area contributed by atoms with Crippen molar-refractivity contribution in [1.29, 1.82) is 0 Å². The van der Waals surface area contributed by atoms with Crippen molar-refractivity contribution in [3.05, 3.63) is 35.4 Å².